The molecule has 2 nitrogen and oxygen atoms in total. The largest absolute Gasteiger partial charge is 0.493 e. The van der Waals surface area contributed by atoms with Crippen molar-refractivity contribution in [3.8, 4) is 5.75 Å². The number of furan rings is 1. The molecule has 1 aromatic carbocycles. The Morgan fingerprint density at radius 3 is 2.82 bits per heavy atom. The van der Waals surface area contributed by atoms with Crippen LogP contribution in [-0.4, -0.2) is 7.11 Å². The third-order valence-corrected chi connectivity index (χ3v) is 3.06. The van der Waals surface area contributed by atoms with Gasteiger partial charge in [0.15, 0.2) is 11.3 Å². The van der Waals surface area contributed by atoms with Crippen molar-refractivity contribution >= 4 is 11.0 Å². The summed E-state index contributed by atoms with van der Waals surface area (Å²) >= 11 is 0. The summed E-state index contributed by atoms with van der Waals surface area (Å²) < 4.78 is 11.1. The van der Waals surface area contributed by atoms with E-state index in [1.165, 1.54) is 25.7 Å². The number of aryl methyl sites for hydroxylation is 1. The molecule has 2 heteroatoms. The van der Waals surface area contributed by atoms with Crippen molar-refractivity contribution in [3.05, 3.63) is 30.0 Å². The standard InChI is InChI=1S/C15H20O2/c1-3-4-5-6-9-13-11-12-8-7-10-14(16-2)15(12)17-13/h7-8,10-11H,3-6,9H2,1-2H3. The van der Waals surface area contributed by atoms with Crippen LogP contribution in [0.4, 0.5) is 0 Å². The highest BCUT2D eigenvalue weighted by atomic mass is 16.5. The summed E-state index contributed by atoms with van der Waals surface area (Å²) in [6.45, 7) is 2.23. The van der Waals surface area contributed by atoms with E-state index in [-0.39, 0.29) is 0 Å². The summed E-state index contributed by atoms with van der Waals surface area (Å²) in [5, 5.41) is 1.13. The molecule has 1 aromatic heterocycles. The van der Waals surface area contributed by atoms with Gasteiger partial charge in [0, 0.05) is 11.8 Å². The fraction of sp³-hybridized carbons (Fsp3) is 0.467. The number of unbranched alkanes of at least 4 members (excludes halogenated alkanes) is 3. The van der Waals surface area contributed by atoms with Crippen LogP contribution in [0, 0.1) is 0 Å². The highest BCUT2D eigenvalue weighted by molar-refractivity contribution is 5.83. The molecule has 0 aliphatic rings. The Hall–Kier alpha value is -1.44. The minimum atomic E-state index is 0.822. The molecule has 0 spiro atoms. The molecule has 92 valence electrons. The number of methoxy groups -OCH3 is 1. The first-order chi connectivity index (χ1) is 8.35. The maximum atomic E-state index is 5.85. The van der Waals surface area contributed by atoms with Gasteiger partial charge in [-0.1, -0.05) is 38.3 Å². The van der Waals surface area contributed by atoms with Gasteiger partial charge in [-0.2, -0.15) is 0 Å². The zero-order valence-corrected chi connectivity index (χ0v) is 10.7. The average molecular weight is 232 g/mol. The van der Waals surface area contributed by atoms with E-state index in [1.807, 2.05) is 12.1 Å². The molecular weight excluding hydrogens is 212 g/mol. The van der Waals surface area contributed by atoms with Crippen LogP contribution < -0.4 is 4.74 Å². The lowest BCUT2D eigenvalue weighted by Gasteiger charge is -1.99. The first-order valence-electron chi connectivity index (χ1n) is 6.40. The molecule has 0 atom stereocenters. The summed E-state index contributed by atoms with van der Waals surface area (Å²) in [6.07, 6.45) is 6.09. The number of fused-ring (bicyclic) bond motifs is 1. The zero-order valence-electron chi connectivity index (χ0n) is 10.7. The van der Waals surface area contributed by atoms with Crippen LogP contribution in [0.1, 0.15) is 38.4 Å². The van der Waals surface area contributed by atoms with E-state index in [0.717, 1.165) is 28.9 Å². The van der Waals surface area contributed by atoms with Gasteiger partial charge in [-0.25, -0.2) is 0 Å². The summed E-state index contributed by atoms with van der Waals surface area (Å²) in [7, 11) is 1.68. The summed E-state index contributed by atoms with van der Waals surface area (Å²) in [4.78, 5) is 0. The minimum absolute atomic E-state index is 0.822. The topological polar surface area (TPSA) is 22.4 Å². The van der Waals surface area contributed by atoms with E-state index in [9.17, 15) is 0 Å². The SMILES string of the molecule is CCCCCCc1cc2cccc(OC)c2o1. The third kappa shape index (κ3) is 2.82. The molecule has 1 heterocycles. The van der Waals surface area contributed by atoms with Crippen molar-refractivity contribution in [1.29, 1.82) is 0 Å². The molecule has 0 aliphatic heterocycles. The molecule has 0 unspecified atom stereocenters. The Bertz CT molecular complexity index is 471. The van der Waals surface area contributed by atoms with Gasteiger partial charge in [0.1, 0.15) is 5.76 Å². The predicted octanol–water partition coefficient (Wildman–Crippen LogP) is 4.56. The minimum Gasteiger partial charge on any atom is -0.493 e. The molecule has 2 rings (SSSR count). The van der Waals surface area contributed by atoms with Crippen molar-refractivity contribution in [2.45, 2.75) is 39.0 Å². The Morgan fingerprint density at radius 1 is 1.18 bits per heavy atom. The van der Waals surface area contributed by atoms with Crippen LogP contribution >= 0.6 is 0 Å². The lowest BCUT2D eigenvalue weighted by molar-refractivity contribution is 0.407. The van der Waals surface area contributed by atoms with Crippen LogP contribution in [0.5, 0.6) is 5.75 Å². The average Bonchev–Trinajstić information content (AvgIpc) is 2.77. The van der Waals surface area contributed by atoms with Crippen molar-refractivity contribution in [1.82, 2.24) is 0 Å². The lowest BCUT2D eigenvalue weighted by atomic mass is 10.1. The lowest BCUT2D eigenvalue weighted by Crippen LogP contribution is -1.82. The van der Waals surface area contributed by atoms with E-state index in [0.29, 0.717) is 0 Å². The first kappa shape index (κ1) is 12.0. The molecule has 0 bridgehead atoms. The molecule has 17 heavy (non-hydrogen) atoms. The van der Waals surface area contributed by atoms with Gasteiger partial charge < -0.3 is 9.15 Å². The van der Waals surface area contributed by atoms with E-state index < -0.39 is 0 Å². The van der Waals surface area contributed by atoms with Crippen molar-refractivity contribution < 1.29 is 9.15 Å². The number of ether oxygens (including phenoxy) is 1. The van der Waals surface area contributed by atoms with Crippen LogP contribution in [0.15, 0.2) is 28.7 Å². The van der Waals surface area contributed by atoms with Crippen molar-refractivity contribution in [3.63, 3.8) is 0 Å². The van der Waals surface area contributed by atoms with Gasteiger partial charge in [0.25, 0.3) is 0 Å². The molecule has 0 amide bonds. The number of para-hydroxylation sites is 1. The zero-order chi connectivity index (χ0) is 12.1. The van der Waals surface area contributed by atoms with E-state index in [1.54, 1.807) is 7.11 Å². The fourth-order valence-electron chi connectivity index (χ4n) is 2.10. The highest BCUT2D eigenvalue weighted by Gasteiger charge is 2.07. The number of rotatable bonds is 6. The number of benzene rings is 1. The van der Waals surface area contributed by atoms with Gasteiger partial charge in [-0.05, 0) is 18.6 Å². The Labute approximate surface area is 103 Å². The maximum absolute atomic E-state index is 5.85. The highest BCUT2D eigenvalue weighted by Crippen LogP contribution is 2.29. The monoisotopic (exact) mass is 232 g/mol. The maximum Gasteiger partial charge on any atom is 0.176 e. The van der Waals surface area contributed by atoms with Gasteiger partial charge >= 0.3 is 0 Å². The second kappa shape index (κ2) is 5.76. The van der Waals surface area contributed by atoms with Crippen LogP contribution in [0.2, 0.25) is 0 Å². The number of hydrogen-bond acceptors (Lipinski definition) is 2. The van der Waals surface area contributed by atoms with E-state index in [4.69, 9.17) is 9.15 Å². The normalized spacial score (nSPS) is 10.9. The Morgan fingerprint density at radius 2 is 2.06 bits per heavy atom. The molecule has 0 radical (unpaired) electrons. The fourth-order valence-corrected chi connectivity index (χ4v) is 2.10. The second-order valence-corrected chi connectivity index (χ2v) is 4.40. The number of hydrogen-bond donors (Lipinski definition) is 0. The van der Waals surface area contributed by atoms with Gasteiger partial charge in [0.2, 0.25) is 0 Å². The Balaban J connectivity index is 2.09. The second-order valence-electron chi connectivity index (χ2n) is 4.40. The molecule has 0 N–H and O–H groups in total. The smallest absolute Gasteiger partial charge is 0.176 e. The summed E-state index contributed by atoms with van der Waals surface area (Å²) in [6, 6.07) is 8.13. The molecular formula is C15H20O2. The van der Waals surface area contributed by atoms with Gasteiger partial charge in [-0.3, -0.25) is 0 Å². The predicted molar refractivity (Wildman–Crippen MR) is 70.6 cm³/mol. The van der Waals surface area contributed by atoms with Crippen molar-refractivity contribution in [2.75, 3.05) is 7.11 Å². The van der Waals surface area contributed by atoms with E-state index >= 15 is 0 Å². The summed E-state index contributed by atoms with van der Waals surface area (Å²) in [5.74, 6) is 1.89. The van der Waals surface area contributed by atoms with Crippen LogP contribution in [0.25, 0.3) is 11.0 Å². The van der Waals surface area contributed by atoms with E-state index in [2.05, 4.69) is 19.1 Å². The molecule has 0 saturated carbocycles. The molecule has 2 aromatic rings. The van der Waals surface area contributed by atoms with Crippen molar-refractivity contribution in [2.24, 2.45) is 0 Å². The van der Waals surface area contributed by atoms with Gasteiger partial charge in [0.05, 0.1) is 7.11 Å². The molecule has 0 aliphatic carbocycles. The molecule has 0 saturated heterocycles. The van der Waals surface area contributed by atoms with Crippen LogP contribution in [0.3, 0.4) is 0 Å². The third-order valence-electron chi connectivity index (χ3n) is 3.06. The molecule has 0 fully saturated rings. The quantitative estimate of drug-likeness (QED) is 0.681. The Kier molecular flexibility index (Phi) is 4.08. The van der Waals surface area contributed by atoms with Crippen LogP contribution in [-0.2, 0) is 6.42 Å². The summed E-state index contributed by atoms with van der Waals surface area (Å²) in [5.41, 5.74) is 0.875. The first-order valence-corrected chi connectivity index (χ1v) is 6.40. The van der Waals surface area contributed by atoms with Gasteiger partial charge in [-0.15, -0.1) is 0 Å².